The first kappa shape index (κ1) is 15.5. The third-order valence-corrected chi connectivity index (χ3v) is 3.31. The number of carbonyl (C=O) groups is 2. The number of carboxylic acids is 1. The molecule has 1 saturated heterocycles. The van der Waals surface area contributed by atoms with Crippen molar-refractivity contribution in [3.63, 3.8) is 0 Å². The minimum absolute atomic E-state index is 0.00929. The van der Waals surface area contributed by atoms with E-state index in [2.05, 4.69) is 5.32 Å². The predicted molar refractivity (Wildman–Crippen MR) is 74.0 cm³/mol. The summed E-state index contributed by atoms with van der Waals surface area (Å²) in [6.45, 7) is 0.703. The highest BCUT2D eigenvalue weighted by Gasteiger charge is 2.29. The van der Waals surface area contributed by atoms with E-state index in [1.165, 1.54) is 17.0 Å². The van der Waals surface area contributed by atoms with Crippen LogP contribution in [0.1, 0.15) is 6.42 Å². The molecule has 1 heterocycles. The van der Waals surface area contributed by atoms with E-state index < -0.39 is 23.9 Å². The lowest BCUT2D eigenvalue weighted by Gasteiger charge is -2.34. The first-order valence-corrected chi connectivity index (χ1v) is 6.67. The van der Waals surface area contributed by atoms with Crippen LogP contribution in [-0.4, -0.2) is 47.8 Å². The molecular weight excluding hydrogens is 303 g/mol. The van der Waals surface area contributed by atoms with E-state index in [4.69, 9.17) is 21.4 Å². The van der Waals surface area contributed by atoms with Gasteiger partial charge in [0.25, 0.3) is 0 Å². The number of hydrogen-bond donors (Lipinski definition) is 2. The number of rotatable bonds is 3. The third-order valence-electron chi connectivity index (χ3n) is 3.07. The van der Waals surface area contributed by atoms with E-state index in [0.717, 1.165) is 6.07 Å². The molecule has 1 unspecified atom stereocenters. The van der Waals surface area contributed by atoms with Crippen LogP contribution in [0.4, 0.5) is 14.9 Å². The highest BCUT2D eigenvalue weighted by Crippen LogP contribution is 2.20. The number of nitrogens with zero attached hydrogens (tertiary/aromatic N) is 1. The van der Waals surface area contributed by atoms with Crippen molar-refractivity contribution in [2.45, 2.75) is 12.5 Å². The Kier molecular flexibility index (Phi) is 4.98. The number of halogens is 2. The van der Waals surface area contributed by atoms with Crippen molar-refractivity contribution in [2.24, 2.45) is 0 Å². The number of anilines is 1. The zero-order valence-corrected chi connectivity index (χ0v) is 11.8. The summed E-state index contributed by atoms with van der Waals surface area (Å²) in [5.74, 6) is -1.68. The fourth-order valence-electron chi connectivity index (χ4n) is 2.07. The third kappa shape index (κ3) is 4.05. The molecule has 6 nitrogen and oxygen atoms in total. The van der Waals surface area contributed by atoms with E-state index in [1.54, 1.807) is 0 Å². The van der Waals surface area contributed by atoms with Crippen molar-refractivity contribution >= 4 is 29.3 Å². The molecule has 1 aliphatic heterocycles. The van der Waals surface area contributed by atoms with Gasteiger partial charge in [-0.2, -0.15) is 0 Å². The Hall–Kier alpha value is -1.86. The molecule has 1 aromatic rings. The van der Waals surface area contributed by atoms with Crippen molar-refractivity contribution in [3.05, 3.63) is 29.0 Å². The van der Waals surface area contributed by atoms with Gasteiger partial charge in [-0.3, -0.25) is 4.79 Å². The van der Waals surface area contributed by atoms with Crippen molar-refractivity contribution in [1.29, 1.82) is 0 Å². The van der Waals surface area contributed by atoms with E-state index in [1.807, 2.05) is 0 Å². The van der Waals surface area contributed by atoms with E-state index >= 15 is 0 Å². The molecule has 1 atom stereocenters. The lowest BCUT2D eigenvalue weighted by atomic mass is 10.1. The van der Waals surface area contributed by atoms with Gasteiger partial charge in [0, 0.05) is 11.6 Å². The summed E-state index contributed by atoms with van der Waals surface area (Å²) < 4.78 is 18.8. The molecule has 0 bridgehead atoms. The Balaban J connectivity index is 2.08. The quantitative estimate of drug-likeness (QED) is 0.896. The minimum atomic E-state index is -1.03. The van der Waals surface area contributed by atoms with Crippen LogP contribution in [0.2, 0.25) is 5.02 Å². The molecule has 2 N–H and O–H groups in total. The second kappa shape index (κ2) is 6.73. The molecule has 1 aromatic carbocycles. The fraction of sp³-hybridized carbons (Fsp3) is 0.385. The van der Waals surface area contributed by atoms with Crippen LogP contribution in [0.15, 0.2) is 18.2 Å². The summed E-state index contributed by atoms with van der Waals surface area (Å²) in [7, 11) is 0. The topological polar surface area (TPSA) is 78.9 Å². The number of hydrogen-bond acceptors (Lipinski definition) is 3. The highest BCUT2D eigenvalue weighted by atomic mass is 35.5. The van der Waals surface area contributed by atoms with Crippen LogP contribution >= 0.6 is 11.6 Å². The number of carbonyl (C=O) groups excluding carboxylic acids is 1. The maximum Gasteiger partial charge on any atom is 0.322 e. The first-order valence-electron chi connectivity index (χ1n) is 6.29. The summed E-state index contributed by atoms with van der Waals surface area (Å²) in [6, 6.07) is 2.75. The van der Waals surface area contributed by atoms with Crippen molar-refractivity contribution in [1.82, 2.24) is 4.90 Å². The second-order valence-electron chi connectivity index (χ2n) is 4.57. The minimum Gasteiger partial charge on any atom is -0.481 e. The average Bonchev–Trinajstić information content (AvgIpc) is 2.42. The number of nitrogens with one attached hydrogen (secondary N) is 1. The molecule has 0 aromatic heterocycles. The summed E-state index contributed by atoms with van der Waals surface area (Å²) in [5.41, 5.74) is -0.00929. The molecule has 2 rings (SSSR count). The molecule has 0 spiro atoms. The Labute approximate surface area is 125 Å². The molecular formula is C13H14ClFN2O4. The number of aliphatic carboxylic acids is 1. The Bertz CT molecular complexity index is 555. The zero-order chi connectivity index (χ0) is 15.4. The van der Waals surface area contributed by atoms with Crippen LogP contribution in [0.5, 0.6) is 0 Å². The lowest BCUT2D eigenvalue weighted by Crippen LogP contribution is -2.51. The predicted octanol–water partition coefficient (Wildman–Crippen LogP) is 2.19. The van der Waals surface area contributed by atoms with Crippen LogP contribution in [0.3, 0.4) is 0 Å². The molecule has 0 radical (unpaired) electrons. The van der Waals surface area contributed by atoms with Gasteiger partial charge in [-0.1, -0.05) is 11.6 Å². The van der Waals surface area contributed by atoms with Crippen molar-refractivity contribution in [2.75, 3.05) is 25.1 Å². The Morgan fingerprint density at radius 2 is 2.29 bits per heavy atom. The lowest BCUT2D eigenvalue weighted by molar-refractivity contribution is -0.139. The second-order valence-corrected chi connectivity index (χ2v) is 5.01. The van der Waals surface area contributed by atoms with Crippen LogP contribution < -0.4 is 5.32 Å². The van der Waals surface area contributed by atoms with Crippen LogP contribution in [0, 0.1) is 5.82 Å². The van der Waals surface area contributed by atoms with Gasteiger partial charge in [0.15, 0.2) is 0 Å². The van der Waals surface area contributed by atoms with E-state index in [0.29, 0.717) is 6.61 Å². The van der Waals surface area contributed by atoms with E-state index in [9.17, 15) is 14.0 Å². The van der Waals surface area contributed by atoms with Crippen molar-refractivity contribution < 1.29 is 23.8 Å². The van der Waals surface area contributed by atoms with Crippen molar-refractivity contribution in [3.8, 4) is 0 Å². The number of urea groups is 1. The monoisotopic (exact) mass is 316 g/mol. The molecule has 2 amide bonds. The number of ether oxygens (including phenoxy) is 1. The van der Waals surface area contributed by atoms with E-state index in [-0.39, 0.29) is 30.3 Å². The maximum atomic E-state index is 13.6. The fourth-order valence-corrected chi connectivity index (χ4v) is 2.23. The molecule has 0 aliphatic carbocycles. The molecule has 114 valence electrons. The zero-order valence-electron chi connectivity index (χ0n) is 11.0. The molecule has 8 heteroatoms. The van der Waals surface area contributed by atoms with Gasteiger partial charge in [-0.25, -0.2) is 9.18 Å². The van der Waals surface area contributed by atoms with Crippen LogP contribution in [0.25, 0.3) is 0 Å². The Morgan fingerprint density at radius 1 is 1.52 bits per heavy atom. The summed E-state index contributed by atoms with van der Waals surface area (Å²) in [4.78, 5) is 24.3. The highest BCUT2D eigenvalue weighted by molar-refractivity contribution is 6.30. The number of morpholine rings is 1. The summed E-state index contributed by atoms with van der Waals surface area (Å²) >= 11 is 5.64. The van der Waals surface area contributed by atoms with Gasteiger partial charge >= 0.3 is 12.0 Å². The smallest absolute Gasteiger partial charge is 0.322 e. The van der Waals surface area contributed by atoms with Gasteiger partial charge in [0.1, 0.15) is 5.82 Å². The van der Waals surface area contributed by atoms with Gasteiger partial charge in [-0.05, 0) is 18.2 Å². The number of benzene rings is 1. The van der Waals surface area contributed by atoms with Gasteiger partial charge < -0.3 is 20.1 Å². The molecule has 0 saturated carbocycles. The number of carboxylic acid groups (broad SMARTS) is 1. The van der Waals surface area contributed by atoms with Gasteiger partial charge in [0.2, 0.25) is 0 Å². The number of amides is 2. The largest absolute Gasteiger partial charge is 0.481 e. The summed E-state index contributed by atoms with van der Waals surface area (Å²) in [6.07, 6.45) is -0.226. The molecule has 21 heavy (non-hydrogen) atoms. The molecule has 1 fully saturated rings. The first-order chi connectivity index (χ1) is 9.97. The SMILES string of the molecule is O=C(O)CC1COCCN1C(=O)Nc1ccc(Cl)cc1F. The van der Waals surface area contributed by atoms with Gasteiger partial charge in [0.05, 0.1) is 31.4 Å². The standard InChI is InChI=1S/C13H14ClFN2O4/c14-8-1-2-11(10(15)5-8)16-13(20)17-3-4-21-7-9(17)6-12(18)19/h1-2,5,9H,3-4,6-7H2,(H,16,20)(H,18,19). The summed E-state index contributed by atoms with van der Waals surface area (Å²) in [5, 5.41) is 11.5. The molecule has 1 aliphatic rings. The Morgan fingerprint density at radius 3 is 2.95 bits per heavy atom. The normalized spacial score (nSPS) is 18.4. The van der Waals surface area contributed by atoms with Gasteiger partial charge in [-0.15, -0.1) is 0 Å². The maximum absolute atomic E-state index is 13.6. The average molecular weight is 317 g/mol. The van der Waals surface area contributed by atoms with Crippen LogP contribution in [-0.2, 0) is 9.53 Å².